The number of amides is 1. The van der Waals surface area contributed by atoms with Crippen LogP contribution in [0.5, 0.6) is 0 Å². The summed E-state index contributed by atoms with van der Waals surface area (Å²) in [5.41, 5.74) is 0.935. The Labute approximate surface area is 134 Å². The first kappa shape index (κ1) is 16.4. The molecule has 0 bridgehead atoms. The van der Waals surface area contributed by atoms with Gasteiger partial charge in [0.1, 0.15) is 0 Å². The van der Waals surface area contributed by atoms with Crippen molar-refractivity contribution in [3.63, 3.8) is 0 Å². The number of benzene rings is 2. The van der Waals surface area contributed by atoms with Gasteiger partial charge in [-0.1, -0.05) is 42.5 Å². The molecule has 23 heavy (non-hydrogen) atoms. The summed E-state index contributed by atoms with van der Waals surface area (Å²) < 4.78 is 0. The van der Waals surface area contributed by atoms with Crippen molar-refractivity contribution in [3.8, 4) is 0 Å². The predicted octanol–water partition coefficient (Wildman–Crippen LogP) is 3.38. The van der Waals surface area contributed by atoms with Crippen LogP contribution in [0.1, 0.15) is 40.0 Å². The molecular weight excluding hydrogens is 294 g/mol. The van der Waals surface area contributed by atoms with E-state index in [1.54, 1.807) is 36.4 Å². The average molecular weight is 311 g/mol. The molecule has 0 aliphatic carbocycles. The lowest BCUT2D eigenvalue weighted by molar-refractivity contribution is -0.116. The number of carboxylic acids is 1. The van der Waals surface area contributed by atoms with Crippen molar-refractivity contribution >= 4 is 23.3 Å². The molecule has 5 nitrogen and oxygen atoms in total. The predicted molar refractivity (Wildman–Crippen MR) is 86.7 cm³/mol. The minimum Gasteiger partial charge on any atom is -0.478 e. The highest BCUT2D eigenvalue weighted by Crippen LogP contribution is 2.15. The number of carbonyl (C=O) groups excluding carboxylic acids is 2. The molecule has 0 heterocycles. The smallest absolute Gasteiger partial charge is 0.337 e. The molecule has 0 spiro atoms. The van der Waals surface area contributed by atoms with Crippen LogP contribution in [0.25, 0.3) is 0 Å². The Morgan fingerprint density at radius 2 is 1.52 bits per heavy atom. The molecule has 0 aliphatic rings. The summed E-state index contributed by atoms with van der Waals surface area (Å²) in [6.45, 7) is 0. The molecule has 118 valence electrons. The highest BCUT2D eigenvalue weighted by Gasteiger charge is 2.12. The van der Waals surface area contributed by atoms with E-state index in [4.69, 9.17) is 5.11 Å². The molecule has 2 N–H and O–H groups in total. The van der Waals surface area contributed by atoms with Gasteiger partial charge in [-0.2, -0.15) is 0 Å². The van der Waals surface area contributed by atoms with Crippen LogP contribution >= 0.6 is 0 Å². The zero-order valence-corrected chi connectivity index (χ0v) is 12.5. The van der Waals surface area contributed by atoms with Crippen LogP contribution in [0, 0.1) is 0 Å². The number of para-hydroxylation sites is 1. The number of carboxylic acid groups (broad SMARTS) is 1. The van der Waals surface area contributed by atoms with E-state index in [1.165, 1.54) is 12.1 Å². The van der Waals surface area contributed by atoms with Crippen molar-refractivity contribution in [2.24, 2.45) is 0 Å². The van der Waals surface area contributed by atoms with E-state index in [9.17, 15) is 14.4 Å². The Bertz CT molecular complexity index is 710. The van der Waals surface area contributed by atoms with E-state index in [0.717, 1.165) is 0 Å². The molecule has 0 atom stereocenters. The van der Waals surface area contributed by atoms with Gasteiger partial charge in [0, 0.05) is 18.4 Å². The van der Waals surface area contributed by atoms with Gasteiger partial charge in [-0.15, -0.1) is 0 Å². The van der Waals surface area contributed by atoms with E-state index in [1.807, 2.05) is 6.07 Å². The molecule has 2 aromatic carbocycles. The maximum Gasteiger partial charge on any atom is 0.337 e. The first-order valence-corrected chi connectivity index (χ1v) is 7.28. The molecule has 0 aliphatic heterocycles. The first-order chi connectivity index (χ1) is 11.1. The van der Waals surface area contributed by atoms with Gasteiger partial charge in [-0.05, 0) is 18.6 Å². The van der Waals surface area contributed by atoms with Gasteiger partial charge in [0.2, 0.25) is 5.91 Å². The van der Waals surface area contributed by atoms with Gasteiger partial charge in [0.25, 0.3) is 0 Å². The fraction of sp³-hybridized carbons (Fsp3) is 0.167. The number of hydrogen-bond acceptors (Lipinski definition) is 3. The summed E-state index contributed by atoms with van der Waals surface area (Å²) in [7, 11) is 0. The summed E-state index contributed by atoms with van der Waals surface area (Å²) in [5, 5.41) is 11.6. The second-order valence-electron chi connectivity index (χ2n) is 5.04. The molecule has 0 fully saturated rings. The standard InChI is InChI=1S/C18H17NO4/c20-16(13-7-2-1-3-8-13)11-6-12-17(21)19-15-10-5-4-9-14(15)18(22)23/h1-5,7-10H,6,11-12H2,(H,19,21)(H,22,23). The number of anilines is 1. The lowest BCUT2D eigenvalue weighted by atomic mass is 10.1. The number of ketones is 1. The molecule has 2 rings (SSSR count). The average Bonchev–Trinajstić information content (AvgIpc) is 2.56. The number of aromatic carboxylic acids is 1. The fourth-order valence-electron chi connectivity index (χ4n) is 2.17. The van der Waals surface area contributed by atoms with Crippen LogP contribution in [-0.4, -0.2) is 22.8 Å². The van der Waals surface area contributed by atoms with Crippen molar-refractivity contribution in [1.82, 2.24) is 0 Å². The lowest BCUT2D eigenvalue weighted by Gasteiger charge is -2.08. The third-order valence-electron chi connectivity index (χ3n) is 3.34. The molecule has 0 unspecified atom stereocenters. The minimum absolute atomic E-state index is 0.00987. The van der Waals surface area contributed by atoms with E-state index < -0.39 is 5.97 Å². The number of Topliss-reactive ketones (excluding diaryl/α,β-unsaturated/α-hetero) is 1. The number of nitrogens with one attached hydrogen (secondary N) is 1. The van der Waals surface area contributed by atoms with Crippen LogP contribution in [0.3, 0.4) is 0 Å². The van der Waals surface area contributed by atoms with Gasteiger partial charge in [0.05, 0.1) is 11.3 Å². The Morgan fingerprint density at radius 3 is 2.22 bits per heavy atom. The number of rotatable bonds is 7. The zero-order valence-electron chi connectivity index (χ0n) is 12.5. The van der Waals surface area contributed by atoms with E-state index >= 15 is 0 Å². The van der Waals surface area contributed by atoms with Crippen LogP contribution in [0.15, 0.2) is 54.6 Å². The number of hydrogen-bond donors (Lipinski definition) is 2. The van der Waals surface area contributed by atoms with Gasteiger partial charge in [-0.25, -0.2) is 4.79 Å². The Morgan fingerprint density at radius 1 is 0.870 bits per heavy atom. The van der Waals surface area contributed by atoms with Gasteiger partial charge >= 0.3 is 5.97 Å². The van der Waals surface area contributed by atoms with Crippen LogP contribution in [0.4, 0.5) is 5.69 Å². The largest absolute Gasteiger partial charge is 0.478 e. The molecular formula is C18H17NO4. The zero-order chi connectivity index (χ0) is 16.7. The molecule has 1 amide bonds. The Balaban J connectivity index is 1.84. The van der Waals surface area contributed by atoms with Crippen molar-refractivity contribution in [2.45, 2.75) is 19.3 Å². The third-order valence-corrected chi connectivity index (χ3v) is 3.34. The number of carbonyl (C=O) groups is 3. The maximum atomic E-state index is 11.9. The van der Waals surface area contributed by atoms with Gasteiger partial charge in [0.15, 0.2) is 5.78 Å². The third kappa shape index (κ3) is 4.78. The monoisotopic (exact) mass is 311 g/mol. The summed E-state index contributed by atoms with van der Waals surface area (Å²) >= 11 is 0. The molecule has 0 radical (unpaired) electrons. The highest BCUT2D eigenvalue weighted by molar-refractivity contribution is 6.00. The van der Waals surface area contributed by atoms with E-state index in [0.29, 0.717) is 12.0 Å². The summed E-state index contributed by atoms with van der Waals surface area (Å²) in [5.74, 6) is -1.41. The fourth-order valence-corrected chi connectivity index (χ4v) is 2.17. The minimum atomic E-state index is -1.10. The molecule has 0 aromatic heterocycles. The van der Waals surface area contributed by atoms with Crippen LogP contribution < -0.4 is 5.32 Å². The first-order valence-electron chi connectivity index (χ1n) is 7.28. The van der Waals surface area contributed by atoms with Gasteiger partial charge in [-0.3, -0.25) is 9.59 Å². The SMILES string of the molecule is O=C(CCCC(=O)c1ccccc1)Nc1ccccc1C(=O)O. The van der Waals surface area contributed by atoms with Crippen LogP contribution in [0.2, 0.25) is 0 Å². The lowest BCUT2D eigenvalue weighted by Crippen LogP contribution is -2.14. The van der Waals surface area contributed by atoms with Crippen molar-refractivity contribution in [1.29, 1.82) is 0 Å². The highest BCUT2D eigenvalue weighted by atomic mass is 16.4. The topological polar surface area (TPSA) is 83.5 Å². The quantitative estimate of drug-likeness (QED) is 0.768. The molecule has 2 aromatic rings. The second-order valence-corrected chi connectivity index (χ2v) is 5.04. The Hall–Kier alpha value is -2.95. The molecule has 5 heteroatoms. The van der Waals surface area contributed by atoms with Crippen molar-refractivity contribution in [3.05, 3.63) is 65.7 Å². The van der Waals surface area contributed by atoms with E-state index in [-0.39, 0.29) is 35.8 Å². The molecule has 0 saturated carbocycles. The van der Waals surface area contributed by atoms with Crippen molar-refractivity contribution in [2.75, 3.05) is 5.32 Å². The maximum absolute atomic E-state index is 11.9. The van der Waals surface area contributed by atoms with E-state index in [2.05, 4.69) is 5.32 Å². The second kappa shape index (κ2) is 7.89. The van der Waals surface area contributed by atoms with Crippen molar-refractivity contribution < 1.29 is 19.5 Å². The normalized spacial score (nSPS) is 10.1. The summed E-state index contributed by atoms with van der Waals surface area (Å²) in [6.07, 6.45) is 0.847. The molecule has 0 saturated heterocycles. The summed E-state index contributed by atoms with van der Waals surface area (Å²) in [6, 6.07) is 15.1. The van der Waals surface area contributed by atoms with Crippen LogP contribution in [-0.2, 0) is 4.79 Å². The van der Waals surface area contributed by atoms with Gasteiger partial charge < -0.3 is 10.4 Å². The summed E-state index contributed by atoms with van der Waals surface area (Å²) in [4.78, 5) is 34.9. The Kier molecular flexibility index (Phi) is 5.63.